The summed E-state index contributed by atoms with van der Waals surface area (Å²) in [6, 6.07) is 0. The SMILES string of the molecule is C[C@]1(CO)CCC(=O)N1.[HH]. The van der Waals surface area contributed by atoms with E-state index in [1.54, 1.807) is 0 Å². The van der Waals surface area contributed by atoms with Gasteiger partial charge in [-0.1, -0.05) is 0 Å². The molecule has 3 nitrogen and oxygen atoms in total. The minimum atomic E-state index is -0.336. The maximum Gasteiger partial charge on any atom is 0.220 e. The molecule has 1 rings (SSSR count). The maximum absolute atomic E-state index is 10.6. The highest BCUT2D eigenvalue weighted by Crippen LogP contribution is 2.17. The average Bonchev–Trinajstić information content (AvgIpc) is 2.13. The van der Waals surface area contributed by atoms with E-state index in [1.165, 1.54) is 0 Å². The topological polar surface area (TPSA) is 49.3 Å². The number of amides is 1. The van der Waals surface area contributed by atoms with Gasteiger partial charge in [-0.15, -0.1) is 0 Å². The van der Waals surface area contributed by atoms with Gasteiger partial charge in [0.2, 0.25) is 5.91 Å². The second-order valence-corrected chi connectivity index (χ2v) is 2.77. The molecule has 0 aromatic carbocycles. The number of hydrogen-bond acceptors (Lipinski definition) is 2. The standard InChI is InChI=1S/C6H11NO2.H2/c1-6(4-8)3-2-5(9)7-6;/h8H,2-4H2,1H3,(H,7,9);1H/t6-;/m1./s1. The Bertz CT molecular complexity index is 140. The zero-order valence-electron chi connectivity index (χ0n) is 5.48. The average molecular weight is 131 g/mol. The summed E-state index contributed by atoms with van der Waals surface area (Å²) in [7, 11) is 0. The first-order valence-corrected chi connectivity index (χ1v) is 3.08. The van der Waals surface area contributed by atoms with E-state index in [2.05, 4.69) is 5.32 Å². The fraction of sp³-hybridized carbons (Fsp3) is 0.833. The first-order chi connectivity index (χ1) is 4.16. The number of carbonyl (C=O) groups excluding carboxylic acids is 1. The number of nitrogens with one attached hydrogen (secondary N) is 1. The second-order valence-electron chi connectivity index (χ2n) is 2.77. The molecule has 1 atom stereocenters. The summed E-state index contributed by atoms with van der Waals surface area (Å²) in [6.07, 6.45) is 1.30. The molecule has 3 heteroatoms. The molecule has 2 N–H and O–H groups in total. The molecule has 0 saturated carbocycles. The molecule has 0 aromatic rings. The zero-order chi connectivity index (χ0) is 6.91. The minimum absolute atomic E-state index is 0. The van der Waals surface area contributed by atoms with E-state index < -0.39 is 0 Å². The van der Waals surface area contributed by atoms with E-state index in [1.807, 2.05) is 6.92 Å². The first-order valence-electron chi connectivity index (χ1n) is 3.08. The van der Waals surface area contributed by atoms with Crippen molar-refractivity contribution in [1.82, 2.24) is 5.32 Å². The van der Waals surface area contributed by atoms with Crippen LogP contribution in [0.2, 0.25) is 0 Å². The number of aliphatic hydroxyl groups is 1. The van der Waals surface area contributed by atoms with E-state index in [0.717, 1.165) is 6.42 Å². The predicted molar refractivity (Wildman–Crippen MR) is 35.0 cm³/mol. The summed E-state index contributed by atoms with van der Waals surface area (Å²) < 4.78 is 0. The fourth-order valence-corrected chi connectivity index (χ4v) is 0.970. The van der Waals surface area contributed by atoms with Crippen LogP contribution in [0.4, 0.5) is 0 Å². The van der Waals surface area contributed by atoms with Gasteiger partial charge in [0.25, 0.3) is 0 Å². The molecule has 1 fully saturated rings. The third-order valence-electron chi connectivity index (χ3n) is 1.69. The van der Waals surface area contributed by atoms with Crippen LogP contribution in [0.15, 0.2) is 0 Å². The van der Waals surface area contributed by atoms with Gasteiger partial charge in [-0.05, 0) is 13.3 Å². The van der Waals surface area contributed by atoms with Gasteiger partial charge in [0, 0.05) is 7.85 Å². The molecule has 0 unspecified atom stereocenters. The molecule has 1 aliphatic rings. The van der Waals surface area contributed by atoms with Crippen molar-refractivity contribution < 1.29 is 11.3 Å². The minimum Gasteiger partial charge on any atom is -0.394 e. The Morgan fingerprint density at radius 3 is 2.89 bits per heavy atom. The highest BCUT2D eigenvalue weighted by atomic mass is 16.3. The molecule has 0 spiro atoms. The van der Waals surface area contributed by atoms with Crippen molar-refractivity contribution in [2.75, 3.05) is 6.61 Å². The Morgan fingerprint density at radius 1 is 2.00 bits per heavy atom. The molecule has 9 heavy (non-hydrogen) atoms. The van der Waals surface area contributed by atoms with Gasteiger partial charge in [0.05, 0.1) is 12.1 Å². The third kappa shape index (κ3) is 1.21. The van der Waals surface area contributed by atoms with Crippen LogP contribution in [0.1, 0.15) is 21.2 Å². The van der Waals surface area contributed by atoms with Crippen molar-refractivity contribution in [1.29, 1.82) is 0 Å². The number of aliphatic hydroxyl groups excluding tert-OH is 1. The van der Waals surface area contributed by atoms with Crippen molar-refractivity contribution in [2.45, 2.75) is 25.3 Å². The highest BCUT2D eigenvalue weighted by molar-refractivity contribution is 5.79. The Balaban J connectivity index is 0.000000810. The normalized spacial score (nSPS) is 34.7. The molecule has 54 valence electrons. The summed E-state index contributed by atoms with van der Waals surface area (Å²) in [6.45, 7) is 1.89. The molecule has 0 aromatic heterocycles. The molecule has 1 heterocycles. The Hall–Kier alpha value is -0.570. The van der Waals surface area contributed by atoms with E-state index in [0.29, 0.717) is 6.42 Å². The van der Waals surface area contributed by atoms with Crippen LogP contribution in [0.25, 0.3) is 0 Å². The number of rotatable bonds is 1. The molecule has 1 amide bonds. The highest BCUT2D eigenvalue weighted by Gasteiger charge is 2.31. The van der Waals surface area contributed by atoms with E-state index >= 15 is 0 Å². The van der Waals surface area contributed by atoms with Crippen LogP contribution in [0.3, 0.4) is 0 Å². The fourth-order valence-electron chi connectivity index (χ4n) is 0.970. The molecular formula is C6H13NO2. The predicted octanol–water partition coefficient (Wildman–Crippen LogP) is -0.107. The summed E-state index contributed by atoms with van der Waals surface area (Å²) in [5, 5.41) is 11.4. The molecule has 1 aliphatic heterocycles. The molecule has 0 bridgehead atoms. The number of hydrogen-bond donors (Lipinski definition) is 2. The molecule has 0 aliphatic carbocycles. The van der Waals surface area contributed by atoms with Crippen LogP contribution < -0.4 is 5.32 Å². The maximum atomic E-state index is 10.6. The van der Waals surface area contributed by atoms with Crippen molar-refractivity contribution in [3.8, 4) is 0 Å². The lowest BCUT2D eigenvalue weighted by molar-refractivity contribution is -0.119. The lowest BCUT2D eigenvalue weighted by Gasteiger charge is -2.19. The summed E-state index contributed by atoms with van der Waals surface area (Å²) in [5.41, 5.74) is -0.336. The third-order valence-corrected chi connectivity index (χ3v) is 1.69. The molecular weight excluding hydrogens is 118 g/mol. The van der Waals surface area contributed by atoms with Gasteiger partial charge in [0.15, 0.2) is 0 Å². The second kappa shape index (κ2) is 1.99. The van der Waals surface area contributed by atoms with E-state index in [-0.39, 0.29) is 19.5 Å². The molecule has 0 radical (unpaired) electrons. The van der Waals surface area contributed by atoms with Crippen molar-refractivity contribution in [2.24, 2.45) is 0 Å². The van der Waals surface area contributed by atoms with Gasteiger partial charge in [-0.25, -0.2) is 0 Å². The summed E-state index contributed by atoms with van der Waals surface area (Å²) in [4.78, 5) is 10.6. The van der Waals surface area contributed by atoms with Crippen LogP contribution in [-0.2, 0) is 4.79 Å². The van der Waals surface area contributed by atoms with Gasteiger partial charge < -0.3 is 10.4 Å². The van der Waals surface area contributed by atoms with Crippen molar-refractivity contribution >= 4 is 5.91 Å². The van der Waals surface area contributed by atoms with Crippen molar-refractivity contribution in [3.05, 3.63) is 0 Å². The summed E-state index contributed by atoms with van der Waals surface area (Å²) >= 11 is 0. The van der Waals surface area contributed by atoms with E-state index in [9.17, 15) is 4.79 Å². The quantitative estimate of drug-likeness (QED) is 0.522. The van der Waals surface area contributed by atoms with E-state index in [4.69, 9.17) is 5.11 Å². The monoisotopic (exact) mass is 131 g/mol. The Kier molecular flexibility index (Phi) is 1.45. The van der Waals surface area contributed by atoms with Crippen LogP contribution in [0.5, 0.6) is 0 Å². The van der Waals surface area contributed by atoms with Gasteiger partial charge in [-0.2, -0.15) is 0 Å². The number of carbonyl (C=O) groups is 1. The van der Waals surface area contributed by atoms with Gasteiger partial charge >= 0.3 is 0 Å². The lowest BCUT2D eigenvalue weighted by Crippen LogP contribution is -2.41. The largest absolute Gasteiger partial charge is 0.394 e. The van der Waals surface area contributed by atoms with Crippen LogP contribution in [-0.4, -0.2) is 23.2 Å². The first kappa shape index (κ1) is 6.55. The smallest absolute Gasteiger partial charge is 0.220 e. The van der Waals surface area contributed by atoms with Crippen molar-refractivity contribution in [3.63, 3.8) is 0 Å². The van der Waals surface area contributed by atoms with Crippen LogP contribution >= 0.6 is 0 Å². The van der Waals surface area contributed by atoms with Crippen LogP contribution in [0, 0.1) is 0 Å². The molecule has 1 saturated heterocycles. The lowest BCUT2D eigenvalue weighted by atomic mass is 10.0. The Morgan fingerprint density at radius 2 is 2.67 bits per heavy atom. The van der Waals surface area contributed by atoms with Gasteiger partial charge in [-0.3, -0.25) is 4.79 Å². The zero-order valence-corrected chi connectivity index (χ0v) is 5.48. The Labute approximate surface area is 55.5 Å². The van der Waals surface area contributed by atoms with Gasteiger partial charge in [0.1, 0.15) is 0 Å². The summed E-state index contributed by atoms with van der Waals surface area (Å²) in [5.74, 6) is 0.0477.